The van der Waals surface area contributed by atoms with E-state index in [9.17, 15) is 9.59 Å². The number of H-pyrrole nitrogens is 1. The van der Waals surface area contributed by atoms with Crippen LogP contribution in [0.25, 0.3) is 0 Å². The molecule has 0 atom stereocenters. The Kier molecular flexibility index (Phi) is 5.64. The molecular weight excluding hydrogens is 366 g/mol. The summed E-state index contributed by atoms with van der Waals surface area (Å²) in [5, 5.41) is 0. The number of hydrazine groups is 1. The maximum Gasteiger partial charge on any atom is 0.286 e. The Hall–Kier alpha value is -2.48. The predicted molar refractivity (Wildman–Crippen MR) is 87.3 cm³/mol. The zero-order valence-electron chi connectivity index (χ0n) is 12.6. The quantitative estimate of drug-likeness (QED) is 0.690. The number of carbonyl (C=O) groups excluding carboxylic acids is 2. The molecule has 23 heavy (non-hydrogen) atoms. The molecule has 122 valence electrons. The standard InChI is InChI=1S/C15H16BrN3O4/c1-9-3-4-12(13(5-9)22-2)23-8-14(20)18-19-15(21)11-6-10(16)7-17-11/h3-7,17H,8H2,1-2H3,(H,18,20)(H,19,21). The monoisotopic (exact) mass is 381 g/mol. The van der Waals surface area contributed by atoms with Crippen LogP contribution in [0.4, 0.5) is 0 Å². The minimum atomic E-state index is -0.494. The van der Waals surface area contributed by atoms with Crippen molar-refractivity contribution in [3.63, 3.8) is 0 Å². The van der Waals surface area contributed by atoms with Crippen molar-refractivity contribution in [1.82, 2.24) is 15.8 Å². The second-order valence-electron chi connectivity index (χ2n) is 4.68. The first-order valence-corrected chi connectivity index (χ1v) is 7.49. The van der Waals surface area contributed by atoms with Crippen LogP contribution in [-0.2, 0) is 4.79 Å². The maximum absolute atomic E-state index is 11.7. The number of methoxy groups -OCH3 is 1. The van der Waals surface area contributed by atoms with E-state index >= 15 is 0 Å². The number of aromatic nitrogens is 1. The van der Waals surface area contributed by atoms with Crippen LogP contribution in [0.15, 0.2) is 34.9 Å². The van der Waals surface area contributed by atoms with Crippen molar-refractivity contribution in [2.24, 2.45) is 0 Å². The fourth-order valence-electron chi connectivity index (χ4n) is 1.77. The van der Waals surface area contributed by atoms with Crippen molar-refractivity contribution in [2.45, 2.75) is 6.92 Å². The number of carbonyl (C=O) groups is 2. The van der Waals surface area contributed by atoms with Gasteiger partial charge in [-0.2, -0.15) is 0 Å². The molecule has 0 aliphatic rings. The Bertz CT molecular complexity index is 714. The number of ether oxygens (including phenoxy) is 2. The number of aromatic amines is 1. The van der Waals surface area contributed by atoms with E-state index in [1.54, 1.807) is 24.4 Å². The third-order valence-electron chi connectivity index (χ3n) is 2.89. The van der Waals surface area contributed by atoms with Gasteiger partial charge in [-0.25, -0.2) is 0 Å². The van der Waals surface area contributed by atoms with Gasteiger partial charge in [-0.05, 0) is 46.6 Å². The lowest BCUT2D eigenvalue weighted by atomic mass is 10.2. The second-order valence-corrected chi connectivity index (χ2v) is 5.59. The van der Waals surface area contributed by atoms with Crippen molar-refractivity contribution in [3.05, 3.63) is 46.2 Å². The third kappa shape index (κ3) is 4.75. The van der Waals surface area contributed by atoms with E-state index in [-0.39, 0.29) is 6.61 Å². The molecule has 1 aromatic heterocycles. The first-order valence-electron chi connectivity index (χ1n) is 6.70. The number of aryl methyl sites for hydroxylation is 1. The van der Waals surface area contributed by atoms with Gasteiger partial charge in [-0.15, -0.1) is 0 Å². The average molecular weight is 382 g/mol. The molecular formula is C15H16BrN3O4. The van der Waals surface area contributed by atoms with Crippen LogP contribution in [0.1, 0.15) is 16.1 Å². The van der Waals surface area contributed by atoms with Crippen molar-refractivity contribution in [1.29, 1.82) is 0 Å². The minimum Gasteiger partial charge on any atom is -0.493 e. The summed E-state index contributed by atoms with van der Waals surface area (Å²) >= 11 is 3.22. The molecule has 8 heteroatoms. The van der Waals surface area contributed by atoms with E-state index in [1.807, 2.05) is 13.0 Å². The number of rotatable bonds is 5. The average Bonchev–Trinajstić information content (AvgIpc) is 2.97. The molecule has 0 unspecified atom stereocenters. The molecule has 2 rings (SSSR count). The smallest absolute Gasteiger partial charge is 0.286 e. The first kappa shape index (κ1) is 16.9. The Morgan fingerprint density at radius 3 is 2.65 bits per heavy atom. The lowest BCUT2D eigenvalue weighted by Gasteiger charge is -2.11. The lowest BCUT2D eigenvalue weighted by molar-refractivity contribution is -0.123. The van der Waals surface area contributed by atoms with E-state index in [4.69, 9.17) is 9.47 Å². The molecule has 0 aliphatic heterocycles. The first-order chi connectivity index (χ1) is 11.0. The van der Waals surface area contributed by atoms with E-state index in [0.29, 0.717) is 17.2 Å². The highest BCUT2D eigenvalue weighted by Gasteiger charge is 2.11. The van der Waals surface area contributed by atoms with Gasteiger partial charge in [-0.1, -0.05) is 6.07 Å². The number of hydrogen-bond acceptors (Lipinski definition) is 4. The molecule has 1 heterocycles. The summed E-state index contributed by atoms with van der Waals surface area (Å²) in [6, 6.07) is 6.96. The minimum absolute atomic E-state index is 0.256. The summed E-state index contributed by atoms with van der Waals surface area (Å²) in [5.74, 6) is 0.0366. The molecule has 0 fully saturated rings. The summed E-state index contributed by atoms with van der Waals surface area (Å²) in [7, 11) is 1.52. The molecule has 0 radical (unpaired) electrons. The van der Waals surface area contributed by atoms with Crippen molar-refractivity contribution >= 4 is 27.7 Å². The van der Waals surface area contributed by atoms with Gasteiger partial charge in [0.25, 0.3) is 11.8 Å². The Morgan fingerprint density at radius 1 is 1.22 bits per heavy atom. The molecule has 7 nitrogen and oxygen atoms in total. The van der Waals surface area contributed by atoms with Gasteiger partial charge in [0.2, 0.25) is 0 Å². The van der Waals surface area contributed by atoms with E-state index < -0.39 is 11.8 Å². The summed E-state index contributed by atoms with van der Waals surface area (Å²) in [4.78, 5) is 26.2. The summed E-state index contributed by atoms with van der Waals surface area (Å²) < 4.78 is 11.3. The molecule has 2 amide bonds. The largest absolute Gasteiger partial charge is 0.493 e. The molecule has 2 aromatic rings. The second kappa shape index (κ2) is 7.68. The molecule has 0 bridgehead atoms. The topological polar surface area (TPSA) is 92.4 Å². The molecule has 1 aromatic carbocycles. The normalized spacial score (nSPS) is 10.0. The molecule has 3 N–H and O–H groups in total. The van der Waals surface area contributed by atoms with E-state index in [1.165, 1.54) is 7.11 Å². The van der Waals surface area contributed by atoms with Crippen LogP contribution in [0.2, 0.25) is 0 Å². The highest BCUT2D eigenvalue weighted by molar-refractivity contribution is 9.10. The number of nitrogens with one attached hydrogen (secondary N) is 3. The van der Waals surface area contributed by atoms with Gasteiger partial charge in [0.1, 0.15) is 5.69 Å². The van der Waals surface area contributed by atoms with Crippen LogP contribution in [0.5, 0.6) is 11.5 Å². The van der Waals surface area contributed by atoms with Crippen molar-refractivity contribution in [2.75, 3.05) is 13.7 Å². The summed E-state index contributed by atoms with van der Waals surface area (Å²) in [5.41, 5.74) is 5.89. The van der Waals surface area contributed by atoms with Gasteiger partial charge in [0, 0.05) is 10.7 Å². The highest BCUT2D eigenvalue weighted by atomic mass is 79.9. The van der Waals surface area contributed by atoms with E-state index in [2.05, 4.69) is 31.8 Å². The fourth-order valence-corrected chi connectivity index (χ4v) is 2.11. The Labute approximate surface area is 141 Å². The van der Waals surface area contributed by atoms with Gasteiger partial charge in [-0.3, -0.25) is 20.4 Å². The SMILES string of the molecule is COc1cc(C)ccc1OCC(=O)NNC(=O)c1cc(Br)c[nH]1. The van der Waals surface area contributed by atoms with Gasteiger partial charge in [0.15, 0.2) is 18.1 Å². The van der Waals surface area contributed by atoms with Crippen LogP contribution >= 0.6 is 15.9 Å². The molecule has 0 saturated carbocycles. The Balaban J connectivity index is 1.82. The van der Waals surface area contributed by atoms with Crippen molar-refractivity contribution < 1.29 is 19.1 Å². The zero-order chi connectivity index (χ0) is 16.8. The van der Waals surface area contributed by atoms with Crippen LogP contribution in [0, 0.1) is 6.92 Å². The van der Waals surface area contributed by atoms with Gasteiger partial charge in [0.05, 0.1) is 7.11 Å². The van der Waals surface area contributed by atoms with Crippen LogP contribution in [-0.4, -0.2) is 30.5 Å². The zero-order valence-corrected chi connectivity index (χ0v) is 14.2. The number of amides is 2. The maximum atomic E-state index is 11.7. The third-order valence-corrected chi connectivity index (χ3v) is 3.34. The number of benzene rings is 1. The molecule has 0 aliphatic carbocycles. The fraction of sp³-hybridized carbons (Fsp3) is 0.200. The Morgan fingerprint density at radius 2 is 2.00 bits per heavy atom. The van der Waals surface area contributed by atoms with E-state index in [0.717, 1.165) is 10.0 Å². The predicted octanol–water partition coefficient (Wildman–Crippen LogP) is 1.93. The van der Waals surface area contributed by atoms with Crippen LogP contribution in [0.3, 0.4) is 0 Å². The van der Waals surface area contributed by atoms with Gasteiger partial charge < -0.3 is 14.5 Å². The van der Waals surface area contributed by atoms with Crippen LogP contribution < -0.4 is 20.3 Å². The highest BCUT2D eigenvalue weighted by Crippen LogP contribution is 2.27. The number of hydrogen-bond donors (Lipinski definition) is 3. The molecule has 0 spiro atoms. The molecule has 0 saturated heterocycles. The van der Waals surface area contributed by atoms with Gasteiger partial charge >= 0.3 is 0 Å². The summed E-state index contributed by atoms with van der Waals surface area (Å²) in [6.45, 7) is 1.67. The number of halogens is 1. The summed E-state index contributed by atoms with van der Waals surface area (Å²) in [6.07, 6.45) is 1.61. The lowest BCUT2D eigenvalue weighted by Crippen LogP contribution is -2.43. The van der Waals surface area contributed by atoms with Crippen molar-refractivity contribution in [3.8, 4) is 11.5 Å².